The van der Waals surface area contributed by atoms with Crippen molar-refractivity contribution >= 4 is 43.4 Å². The summed E-state index contributed by atoms with van der Waals surface area (Å²) in [6.07, 6.45) is 0. The number of thiazole rings is 1. The molecule has 0 spiro atoms. The molecule has 0 aliphatic heterocycles. The maximum atomic E-state index is 13.7. The summed E-state index contributed by atoms with van der Waals surface area (Å²) in [5.74, 6) is -1.04. The Hall–Kier alpha value is -2.79. The molecule has 3 aromatic carbocycles. The lowest BCUT2D eigenvalue weighted by molar-refractivity contribution is 0.102. The van der Waals surface area contributed by atoms with E-state index in [1.165, 1.54) is 23.5 Å². The molecule has 4 aromatic rings. The number of amides is 1. The molecule has 5 heteroatoms. The van der Waals surface area contributed by atoms with Gasteiger partial charge in [0.1, 0.15) is 5.82 Å². The van der Waals surface area contributed by atoms with Crippen molar-refractivity contribution in [3.05, 3.63) is 72.0 Å². The first-order chi connectivity index (χ1) is 11.2. The van der Waals surface area contributed by atoms with Crippen LogP contribution in [0.2, 0.25) is 0 Å². The lowest BCUT2D eigenvalue weighted by Gasteiger charge is -2.02. The Balaban J connectivity index is 1.74. The average molecular weight is 322 g/mol. The van der Waals surface area contributed by atoms with Crippen LogP contribution >= 0.6 is 11.3 Å². The van der Waals surface area contributed by atoms with Crippen LogP contribution in [0.15, 0.2) is 60.7 Å². The third kappa shape index (κ3) is 2.45. The minimum absolute atomic E-state index is 0.0108. The first-order valence-corrected chi connectivity index (χ1v) is 7.88. The van der Waals surface area contributed by atoms with E-state index in [4.69, 9.17) is 0 Å². The van der Waals surface area contributed by atoms with Crippen molar-refractivity contribution in [3.63, 3.8) is 0 Å². The van der Waals surface area contributed by atoms with Crippen LogP contribution in [0.4, 0.5) is 9.52 Å². The highest BCUT2D eigenvalue weighted by Crippen LogP contribution is 2.32. The second-order valence-electron chi connectivity index (χ2n) is 5.09. The van der Waals surface area contributed by atoms with Gasteiger partial charge in [0.05, 0.1) is 15.8 Å². The summed E-state index contributed by atoms with van der Waals surface area (Å²) in [4.78, 5) is 16.6. The second kappa shape index (κ2) is 5.44. The number of hydrogen-bond acceptors (Lipinski definition) is 3. The zero-order valence-electron chi connectivity index (χ0n) is 11.9. The maximum Gasteiger partial charge on any atom is 0.260 e. The van der Waals surface area contributed by atoms with Crippen molar-refractivity contribution in [1.82, 2.24) is 4.98 Å². The monoisotopic (exact) mass is 322 g/mol. The van der Waals surface area contributed by atoms with E-state index in [-0.39, 0.29) is 5.56 Å². The quantitative estimate of drug-likeness (QED) is 0.574. The Labute approximate surface area is 135 Å². The van der Waals surface area contributed by atoms with E-state index < -0.39 is 11.7 Å². The molecule has 0 aliphatic rings. The first-order valence-electron chi connectivity index (χ1n) is 7.06. The van der Waals surface area contributed by atoms with Gasteiger partial charge in [0, 0.05) is 5.39 Å². The molecule has 0 saturated heterocycles. The highest BCUT2D eigenvalue weighted by atomic mass is 32.1. The summed E-state index contributed by atoms with van der Waals surface area (Å²) in [6.45, 7) is 0. The number of nitrogens with one attached hydrogen (secondary N) is 1. The molecular formula is C18H11FN2OS. The molecule has 1 aromatic heterocycles. The predicted molar refractivity (Wildman–Crippen MR) is 91.5 cm³/mol. The number of carbonyl (C=O) groups excluding carboxylic acids is 1. The third-order valence-electron chi connectivity index (χ3n) is 3.62. The summed E-state index contributed by atoms with van der Waals surface area (Å²) in [7, 11) is 0. The van der Waals surface area contributed by atoms with Crippen LogP contribution in [-0.4, -0.2) is 10.9 Å². The molecular weight excluding hydrogens is 311 g/mol. The molecule has 0 aliphatic carbocycles. The van der Waals surface area contributed by atoms with Crippen molar-refractivity contribution in [2.75, 3.05) is 5.32 Å². The van der Waals surface area contributed by atoms with Crippen LogP contribution in [-0.2, 0) is 0 Å². The molecule has 0 unspecified atom stereocenters. The van der Waals surface area contributed by atoms with Gasteiger partial charge in [0.15, 0.2) is 5.13 Å². The molecule has 112 valence electrons. The maximum absolute atomic E-state index is 13.7. The first kappa shape index (κ1) is 13.8. The summed E-state index contributed by atoms with van der Waals surface area (Å²) in [5, 5.41) is 5.36. The highest BCUT2D eigenvalue weighted by Gasteiger charge is 2.14. The van der Waals surface area contributed by atoms with Crippen LogP contribution in [0.25, 0.3) is 21.0 Å². The number of halogens is 1. The van der Waals surface area contributed by atoms with E-state index in [0.717, 1.165) is 21.0 Å². The van der Waals surface area contributed by atoms with Crippen LogP contribution in [0, 0.1) is 5.82 Å². The summed E-state index contributed by atoms with van der Waals surface area (Å²) in [5.41, 5.74) is 0.828. The molecule has 1 N–H and O–H groups in total. The van der Waals surface area contributed by atoms with E-state index in [2.05, 4.69) is 10.3 Å². The third-order valence-corrected chi connectivity index (χ3v) is 4.64. The Bertz CT molecular complexity index is 1040. The number of anilines is 1. The van der Waals surface area contributed by atoms with Crippen molar-refractivity contribution in [1.29, 1.82) is 0 Å². The lowest BCUT2D eigenvalue weighted by Crippen LogP contribution is -2.13. The normalized spacial score (nSPS) is 11.0. The fraction of sp³-hybridized carbons (Fsp3) is 0. The molecule has 4 rings (SSSR count). The zero-order chi connectivity index (χ0) is 15.8. The van der Waals surface area contributed by atoms with Gasteiger partial charge in [-0.2, -0.15) is 0 Å². The lowest BCUT2D eigenvalue weighted by atomic mass is 10.1. The van der Waals surface area contributed by atoms with Crippen molar-refractivity contribution in [2.45, 2.75) is 0 Å². The number of aromatic nitrogens is 1. The standard InChI is InChI=1S/C18H11FN2OS/c19-14-8-4-3-7-13(14)17(22)21-18-20-15-10-9-11-5-1-2-6-12(11)16(15)23-18/h1-10H,(H,20,21,22). The molecule has 1 amide bonds. The number of rotatable bonds is 2. The average Bonchev–Trinajstić information content (AvgIpc) is 2.98. The van der Waals surface area contributed by atoms with Gasteiger partial charge in [-0.05, 0) is 23.6 Å². The Morgan fingerprint density at radius 1 is 1.00 bits per heavy atom. The van der Waals surface area contributed by atoms with Crippen LogP contribution < -0.4 is 5.32 Å². The number of fused-ring (bicyclic) bond motifs is 3. The van der Waals surface area contributed by atoms with Crippen LogP contribution in [0.3, 0.4) is 0 Å². The van der Waals surface area contributed by atoms with Crippen LogP contribution in [0.1, 0.15) is 10.4 Å². The van der Waals surface area contributed by atoms with Crippen LogP contribution in [0.5, 0.6) is 0 Å². The molecule has 0 radical (unpaired) electrons. The van der Waals surface area contributed by atoms with Gasteiger partial charge in [-0.25, -0.2) is 9.37 Å². The van der Waals surface area contributed by atoms with Gasteiger partial charge in [-0.1, -0.05) is 53.8 Å². The number of nitrogens with zero attached hydrogens (tertiary/aromatic N) is 1. The fourth-order valence-corrected chi connectivity index (χ4v) is 3.51. The Morgan fingerprint density at radius 2 is 1.78 bits per heavy atom. The molecule has 0 saturated carbocycles. The topological polar surface area (TPSA) is 42.0 Å². The molecule has 0 bridgehead atoms. The largest absolute Gasteiger partial charge is 0.298 e. The molecule has 1 heterocycles. The van der Waals surface area contributed by atoms with Gasteiger partial charge >= 0.3 is 0 Å². The fourth-order valence-electron chi connectivity index (χ4n) is 2.52. The molecule has 0 atom stereocenters. The second-order valence-corrected chi connectivity index (χ2v) is 6.09. The highest BCUT2D eigenvalue weighted by molar-refractivity contribution is 7.23. The van der Waals surface area contributed by atoms with E-state index in [1.807, 2.05) is 36.4 Å². The van der Waals surface area contributed by atoms with Crippen molar-refractivity contribution in [2.24, 2.45) is 0 Å². The van der Waals surface area contributed by atoms with Gasteiger partial charge in [-0.3, -0.25) is 10.1 Å². The number of benzene rings is 3. The van der Waals surface area contributed by atoms with Gasteiger partial charge < -0.3 is 0 Å². The summed E-state index contributed by atoms with van der Waals surface area (Å²) >= 11 is 1.39. The van der Waals surface area contributed by atoms with E-state index in [0.29, 0.717) is 5.13 Å². The van der Waals surface area contributed by atoms with Gasteiger partial charge in [0.25, 0.3) is 5.91 Å². The zero-order valence-corrected chi connectivity index (χ0v) is 12.7. The van der Waals surface area contributed by atoms with E-state index >= 15 is 0 Å². The van der Waals surface area contributed by atoms with Gasteiger partial charge in [-0.15, -0.1) is 0 Å². The van der Waals surface area contributed by atoms with Crippen molar-refractivity contribution < 1.29 is 9.18 Å². The minimum Gasteiger partial charge on any atom is -0.298 e. The van der Waals surface area contributed by atoms with Crippen molar-refractivity contribution in [3.8, 4) is 0 Å². The smallest absolute Gasteiger partial charge is 0.260 e. The number of carbonyl (C=O) groups is 1. The SMILES string of the molecule is O=C(Nc1nc2ccc3ccccc3c2s1)c1ccccc1F. The van der Waals surface area contributed by atoms with E-state index in [9.17, 15) is 9.18 Å². The number of hydrogen-bond donors (Lipinski definition) is 1. The molecule has 0 fully saturated rings. The predicted octanol–water partition coefficient (Wildman–Crippen LogP) is 4.84. The Morgan fingerprint density at radius 3 is 2.65 bits per heavy atom. The molecule has 3 nitrogen and oxygen atoms in total. The van der Waals surface area contributed by atoms with Gasteiger partial charge in [0.2, 0.25) is 0 Å². The van der Waals surface area contributed by atoms with E-state index in [1.54, 1.807) is 12.1 Å². The molecule has 23 heavy (non-hydrogen) atoms. The Kier molecular flexibility index (Phi) is 3.28. The summed E-state index contributed by atoms with van der Waals surface area (Å²) < 4.78 is 14.7. The summed E-state index contributed by atoms with van der Waals surface area (Å²) in [6, 6.07) is 17.8. The minimum atomic E-state index is -0.545.